The number of hydrogen-bond donors (Lipinski definition) is 2. The van der Waals surface area contributed by atoms with Gasteiger partial charge in [0.2, 0.25) is 0 Å². The van der Waals surface area contributed by atoms with Crippen molar-refractivity contribution in [2.75, 3.05) is 32.5 Å². The lowest BCUT2D eigenvalue weighted by Crippen LogP contribution is -2.39. The van der Waals surface area contributed by atoms with E-state index in [9.17, 15) is 4.79 Å². The Morgan fingerprint density at radius 1 is 1.26 bits per heavy atom. The summed E-state index contributed by atoms with van der Waals surface area (Å²) in [5.74, 6) is -0.0172. The highest BCUT2D eigenvalue weighted by molar-refractivity contribution is 5.94. The minimum atomic E-state index is -0.0172. The summed E-state index contributed by atoms with van der Waals surface area (Å²) in [6.07, 6.45) is 1.09. The predicted octanol–water partition coefficient (Wildman–Crippen LogP) is 2.19. The molecule has 0 aromatic heterocycles. The molecule has 0 radical (unpaired) electrons. The molecule has 2 N–H and O–H groups in total. The van der Waals surface area contributed by atoms with E-state index in [0.717, 1.165) is 25.2 Å². The summed E-state index contributed by atoms with van der Waals surface area (Å²) in [6, 6.07) is 7.74. The highest BCUT2D eigenvalue weighted by Crippen LogP contribution is 2.09. The van der Waals surface area contributed by atoms with Gasteiger partial charge in [-0.3, -0.25) is 4.79 Å². The van der Waals surface area contributed by atoms with Gasteiger partial charge >= 0.3 is 0 Å². The zero-order valence-corrected chi connectivity index (χ0v) is 12.4. The van der Waals surface area contributed by atoms with E-state index in [0.29, 0.717) is 5.56 Å². The Morgan fingerprint density at radius 3 is 2.42 bits per heavy atom. The van der Waals surface area contributed by atoms with Crippen LogP contribution in [0.2, 0.25) is 0 Å². The Hall–Kier alpha value is -1.55. The van der Waals surface area contributed by atoms with Crippen LogP contribution in [0.5, 0.6) is 0 Å². The first-order valence-corrected chi connectivity index (χ1v) is 6.82. The summed E-state index contributed by atoms with van der Waals surface area (Å²) in [6.45, 7) is 5.92. The second-order valence-corrected chi connectivity index (χ2v) is 5.14. The number of rotatable bonds is 7. The fourth-order valence-corrected chi connectivity index (χ4v) is 1.91. The van der Waals surface area contributed by atoms with Crippen molar-refractivity contribution in [2.24, 2.45) is 0 Å². The smallest absolute Gasteiger partial charge is 0.251 e. The second-order valence-electron chi connectivity index (χ2n) is 5.14. The predicted molar refractivity (Wildman–Crippen MR) is 80.7 cm³/mol. The molecule has 0 fully saturated rings. The number of nitrogens with one attached hydrogen (secondary N) is 2. The number of anilines is 1. The molecule has 0 spiro atoms. The first-order chi connectivity index (χ1) is 9.02. The first kappa shape index (κ1) is 15.5. The van der Waals surface area contributed by atoms with Crippen LogP contribution in [-0.2, 0) is 0 Å². The zero-order valence-electron chi connectivity index (χ0n) is 12.4. The third-order valence-corrected chi connectivity index (χ3v) is 2.74. The van der Waals surface area contributed by atoms with Gasteiger partial charge in [0.05, 0.1) is 0 Å². The van der Waals surface area contributed by atoms with Crippen molar-refractivity contribution in [3.63, 3.8) is 0 Å². The van der Waals surface area contributed by atoms with Crippen LogP contribution in [0.1, 0.15) is 30.6 Å². The number of carbonyl (C=O) groups is 1. The number of benzene rings is 1. The summed E-state index contributed by atoms with van der Waals surface area (Å²) >= 11 is 0. The molecular formula is C15H25N3O. The van der Waals surface area contributed by atoms with E-state index < -0.39 is 0 Å². The summed E-state index contributed by atoms with van der Waals surface area (Å²) in [7, 11) is 3.99. The number of carbonyl (C=O) groups excluding carboxylic acids is 1. The van der Waals surface area contributed by atoms with Gasteiger partial charge in [-0.25, -0.2) is 0 Å². The molecule has 1 rings (SSSR count). The summed E-state index contributed by atoms with van der Waals surface area (Å²) < 4.78 is 0. The van der Waals surface area contributed by atoms with Crippen LogP contribution < -0.4 is 10.6 Å². The Bertz CT molecular complexity index is 387. The maximum absolute atomic E-state index is 12.0. The molecule has 0 aliphatic carbocycles. The topological polar surface area (TPSA) is 44.4 Å². The lowest BCUT2D eigenvalue weighted by molar-refractivity contribution is 0.0934. The van der Waals surface area contributed by atoms with E-state index in [-0.39, 0.29) is 11.9 Å². The van der Waals surface area contributed by atoms with Gasteiger partial charge in [-0.1, -0.05) is 6.92 Å². The highest BCUT2D eigenvalue weighted by atomic mass is 16.1. The van der Waals surface area contributed by atoms with Crippen molar-refractivity contribution < 1.29 is 4.79 Å². The molecule has 0 aliphatic heterocycles. The maximum atomic E-state index is 12.0. The first-order valence-electron chi connectivity index (χ1n) is 6.82. The summed E-state index contributed by atoms with van der Waals surface area (Å²) in [5, 5.41) is 6.28. The van der Waals surface area contributed by atoms with Crippen molar-refractivity contribution >= 4 is 11.6 Å². The van der Waals surface area contributed by atoms with Gasteiger partial charge in [0.25, 0.3) is 5.91 Å². The van der Waals surface area contributed by atoms with Crippen LogP contribution in [0.25, 0.3) is 0 Å². The van der Waals surface area contributed by atoms with Gasteiger partial charge in [0.15, 0.2) is 0 Å². The van der Waals surface area contributed by atoms with Gasteiger partial charge in [0, 0.05) is 30.4 Å². The lowest BCUT2D eigenvalue weighted by atomic mass is 10.1. The van der Waals surface area contributed by atoms with Gasteiger partial charge in [0.1, 0.15) is 0 Å². The Kier molecular flexibility index (Phi) is 6.36. The molecule has 19 heavy (non-hydrogen) atoms. The van der Waals surface area contributed by atoms with Gasteiger partial charge in [-0.2, -0.15) is 0 Å². The van der Waals surface area contributed by atoms with E-state index in [2.05, 4.69) is 22.5 Å². The minimum absolute atomic E-state index is 0.0172. The molecule has 106 valence electrons. The molecule has 1 atom stereocenters. The van der Waals surface area contributed by atoms with Crippen molar-refractivity contribution in [1.82, 2.24) is 10.2 Å². The number of amides is 1. The molecule has 0 saturated carbocycles. The van der Waals surface area contributed by atoms with E-state index in [1.54, 1.807) is 0 Å². The quantitative estimate of drug-likeness (QED) is 0.792. The zero-order chi connectivity index (χ0) is 14.3. The van der Waals surface area contributed by atoms with Crippen LogP contribution in [0, 0.1) is 0 Å². The van der Waals surface area contributed by atoms with Crippen LogP contribution in [0.15, 0.2) is 24.3 Å². The van der Waals surface area contributed by atoms with Crippen LogP contribution in [-0.4, -0.2) is 44.0 Å². The lowest BCUT2D eigenvalue weighted by Gasteiger charge is -2.18. The SMILES string of the molecule is CCCNc1ccc(C(=O)NC(C)CN(C)C)cc1. The molecule has 0 heterocycles. The molecule has 1 aromatic rings. The molecule has 0 bridgehead atoms. The number of likely N-dealkylation sites (N-methyl/N-ethyl adjacent to an activating group) is 1. The fraction of sp³-hybridized carbons (Fsp3) is 0.533. The second kappa shape index (κ2) is 7.79. The van der Waals surface area contributed by atoms with E-state index in [4.69, 9.17) is 0 Å². The van der Waals surface area contributed by atoms with Crippen LogP contribution in [0.3, 0.4) is 0 Å². The number of hydrogen-bond acceptors (Lipinski definition) is 3. The maximum Gasteiger partial charge on any atom is 0.251 e. The molecule has 1 amide bonds. The Morgan fingerprint density at radius 2 is 1.89 bits per heavy atom. The molecule has 4 nitrogen and oxygen atoms in total. The fourth-order valence-electron chi connectivity index (χ4n) is 1.91. The molecule has 0 aliphatic rings. The average Bonchev–Trinajstić information content (AvgIpc) is 2.35. The van der Waals surface area contributed by atoms with Crippen LogP contribution in [0.4, 0.5) is 5.69 Å². The van der Waals surface area contributed by atoms with Crippen molar-refractivity contribution in [3.8, 4) is 0 Å². The average molecular weight is 263 g/mol. The standard InChI is InChI=1S/C15H25N3O/c1-5-10-16-14-8-6-13(7-9-14)15(19)17-12(2)11-18(3)4/h6-9,12,16H,5,10-11H2,1-4H3,(H,17,19). The van der Waals surface area contributed by atoms with Crippen molar-refractivity contribution in [1.29, 1.82) is 0 Å². The monoisotopic (exact) mass is 263 g/mol. The third-order valence-electron chi connectivity index (χ3n) is 2.74. The van der Waals surface area contributed by atoms with Gasteiger partial charge in [-0.15, -0.1) is 0 Å². The third kappa shape index (κ3) is 5.75. The largest absolute Gasteiger partial charge is 0.385 e. The van der Waals surface area contributed by atoms with Crippen molar-refractivity contribution in [2.45, 2.75) is 26.3 Å². The molecule has 4 heteroatoms. The summed E-state index contributed by atoms with van der Waals surface area (Å²) in [4.78, 5) is 14.1. The molecular weight excluding hydrogens is 238 g/mol. The van der Waals surface area contributed by atoms with Crippen LogP contribution >= 0.6 is 0 Å². The van der Waals surface area contributed by atoms with E-state index in [1.807, 2.05) is 45.3 Å². The van der Waals surface area contributed by atoms with Gasteiger partial charge < -0.3 is 15.5 Å². The Balaban J connectivity index is 2.53. The molecule has 1 unspecified atom stereocenters. The minimum Gasteiger partial charge on any atom is -0.385 e. The van der Waals surface area contributed by atoms with Crippen molar-refractivity contribution in [3.05, 3.63) is 29.8 Å². The summed E-state index contributed by atoms with van der Waals surface area (Å²) in [5.41, 5.74) is 1.76. The number of nitrogens with zero attached hydrogens (tertiary/aromatic N) is 1. The molecule has 1 aromatic carbocycles. The normalized spacial score (nSPS) is 12.3. The highest BCUT2D eigenvalue weighted by Gasteiger charge is 2.10. The van der Waals surface area contributed by atoms with Gasteiger partial charge in [-0.05, 0) is 51.7 Å². The van der Waals surface area contributed by atoms with E-state index in [1.165, 1.54) is 0 Å². The Labute approximate surface area is 116 Å². The van der Waals surface area contributed by atoms with E-state index >= 15 is 0 Å². The molecule has 0 saturated heterocycles.